The number of rotatable bonds is 24. The van der Waals surface area contributed by atoms with Gasteiger partial charge in [0.05, 0.1) is 24.8 Å². The Hall–Kier alpha value is -5.82. The van der Waals surface area contributed by atoms with Crippen LogP contribution in [-0.4, -0.2) is 110 Å². The Balaban J connectivity index is 1.76. The minimum atomic E-state index is -1.47. The molecule has 63 heavy (non-hydrogen) atoms. The number of carboxylic acids is 2. The van der Waals surface area contributed by atoms with Crippen LogP contribution in [0.3, 0.4) is 0 Å². The average Bonchev–Trinajstić information content (AvgIpc) is 3.61. The normalized spacial score (nSPS) is 13.3. The number of halogens is 2. The van der Waals surface area contributed by atoms with Gasteiger partial charge in [0.2, 0.25) is 29.5 Å². The van der Waals surface area contributed by atoms with Crippen molar-refractivity contribution >= 4 is 53.2 Å². The van der Waals surface area contributed by atoms with Gasteiger partial charge in [0.15, 0.2) is 0 Å². The second-order valence-corrected chi connectivity index (χ2v) is 17.5. The Kier molecular flexibility index (Phi) is 19.7. The van der Waals surface area contributed by atoms with E-state index in [0.29, 0.717) is 24.2 Å². The molecule has 344 valence electrons. The van der Waals surface area contributed by atoms with E-state index < -0.39 is 95.7 Å². The predicted molar refractivity (Wildman–Crippen MR) is 234 cm³/mol. The van der Waals surface area contributed by atoms with Crippen molar-refractivity contribution in [2.24, 2.45) is 17.1 Å². The summed E-state index contributed by atoms with van der Waals surface area (Å²) in [5, 5.41) is 28.4. The molecule has 4 atom stereocenters. The van der Waals surface area contributed by atoms with E-state index in [0.717, 1.165) is 35.5 Å². The van der Waals surface area contributed by atoms with Crippen molar-refractivity contribution in [2.75, 3.05) is 31.1 Å². The Morgan fingerprint density at radius 1 is 0.873 bits per heavy atom. The van der Waals surface area contributed by atoms with Crippen LogP contribution < -0.4 is 27.0 Å². The number of nitrogens with one attached hydrogen (secondary N) is 4. The van der Waals surface area contributed by atoms with Gasteiger partial charge in [-0.05, 0) is 61.1 Å². The molecule has 0 unspecified atom stereocenters. The number of carbonyl (C=O) groups is 7. The largest absolute Gasteiger partial charge is 0.481 e. The van der Waals surface area contributed by atoms with Crippen molar-refractivity contribution in [1.29, 1.82) is 0 Å². The average molecular weight is 900 g/mol. The molecule has 0 spiro atoms. The van der Waals surface area contributed by atoms with Crippen LogP contribution in [0, 0.1) is 23.0 Å². The standard InChI is InChI=1S/C44H59F2N7O9S/c1-26(2)39(51-36(55)21-48-35(54)15-16-38(57)58)42(60)49-27(3)41(59)50-33(43(61)62)24-63-25-37(56)53(18-10-17-47)40(44(4,5)6)34-19-29(31-20-30(45)13-14-32(31)46)23-52(34)22-28-11-8-7-9-12-28/h7-9,11-14,19-20,23,26-27,33,39-40H,10,15-18,21-22,24-25,47H2,1-6H3,(H,48,54)(H,49,60)(H,50,59)(H,51,55)(H,57,58)(H,61,62)/t27-,33-,39-,40-/m0/s1. The number of hydrogen-bond acceptors (Lipinski definition) is 9. The first-order valence-corrected chi connectivity index (χ1v) is 21.7. The molecule has 0 saturated carbocycles. The molecule has 0 saturated heterocycles. The first-order valence-electron chi connectivity index (χ1n) is 20.5. The Bertz CT molecular complexity index is 2080. The van der Waals surface area contributed by atoms with E-state index >= 15 is 4.39 Å². The van der Waals surface area contributed by atoms with E-state index in [4.69, 9.17) is 10.8 Å². The number of aliphatic carboxylic acids is 2. The number of nitrogens with zero attached hydrogens (tertiary/aromatic N) is 2. The molecule has 1 aromatic heterocycles. The third kappa shape index (κ3) is 16.1. The summed E-state index contributed by atoms with van der Waals surface area (Å²) in [6.07, 6.45) is 1.40. The first kappa shape index (κ1) is 51.5. The van der Waals surface area contributed by atoms with Gasteiger partial charge in [0, 0.05) is 48.3 Å². The maximum Gasteiger partial charge on any atom is 0.327 e. The van der Waals surface area contributed by atoms with Gasteiger partial charge in [-0.3, -0.25) is 28.8 Å². The molecule has 19 heteroatoms. The van der Waals surface area contributed by atoms with E-state index in [-0.39, 0.29) is 42.5 Å². The number of hydrogen-bond donors (Lipinski definition) is 7. The van der Waals surface area contributed by atoms with Crippen molar-refractivity contribution in [3.8, 4) is 11.1 Å². The number of carboxylic acid groups (broad SMARTS) is 2. The molecule has 0 aliphatic carbocycles. The molecule has 8 N–H and O–H groups in total. The maximum absolute atomic E-state index is 15.2. The third-order valence-electron chi connectivity index (χ3n) is 9.86. The zero-order valence-electron chi connectivity index (χ0n) is 36.4. The van der Waals surface area contributed by atoms with Crippen LogP contribution in [0.2, 0.25) is 0 Å². The highest BCUT2D eigenvalue weighted by molar-refractivity contribution is 8.00. The van der Waals surface area contributed by atoms with Gasteiger partial charge in [-0.15, -0.1) is 11.8 Å². The lowest BCUT2D eigenvalue weighted by Gasteiger charge is -2.41. The molecule has 16 nitrogen and oxygen atoms in total. The lowest BCUT2D eigenvalue weighted by Crippen LogP contribution is -2.57. The quantitative estimate of drug-likeness (QED) is 0.0684. The van der Waals surface area contributed by atoms with Gasteiger partial charge in [-0.2, -0.15) is 0 Å². The van der Waals surface area contributed by atoms with Crippen molar-refractivity contribution in [2.45, 2.75) is 91.5 Å². The third-order valence-corrected chi connectivity index (χ3v) is 10.9. The topological polar surface area (TPSA) is 242 Å². The number of thioether (sulfide) groups is 1. The summed E-state index contributed by atoms with van der Waals surface area (Å²) < 4.78 is 31.5. The first-order chi connectivity index (χ1) is 29.6. The minimum absolute atomic E-state index is 0.0582. The number of nitrogens with two attached hydrogens (primary N) is 1. The fourth-order valence-corrected chi connectivity index (χ4v) is 7.63. The molecule has 0 aliphatic heterocycles. The lowest BCUT2D eigenvalue weighted by molar-refractivity contribution is -0.141. The SMILES string of the molecule is CC(C)[C@H](NC(=O)CNC(=O)CCC(=O)O)C(=O)N[C@@H](C)C(=O)N[C@@H](CSCC(=O)N(CCCN)[C@@H](c1cc(-c2cc(F)ccc2F)cn1Cc1ccccc1)C(C)(C)C)C(=O)O. The van der Waals surface area contributed by atoms with Crippen LogP contribution in [0.15, 0.2) is 60.8 Å². The van der Waals surface area contributed by atoms with Crippen LogP contribution in [-0.2, 0) is 40.1 Å². The maximum atomic E-state index is 15.2. The highest BCUT2D eigenvalue weighted by Crippen LogP contribution is 2.41. The van der Waals surface area contributed by atoms with Crippen LogP contribution in [0.25, 0.3) is 11.1 Å². The predicted octanol–water partition coefficient (Wildman–Crippen LogP) is 3.68. The Labute approximate surface area is 370 Å². The van der Waals surface area contributed by atoms with E-state index in [9.17, 15) is 43.1 Å². The van der Waals surface area contributed by atoms with Crippen molar-refractivity contribution in [3.63, 3.8) is 0 Å². The zero-order valence-corrected chi connectivity index (χ0v) is 37.2. The van der Waals surface area contributed by atoms with Gasteiger partial charge in [0.1, 0.15) is 29.8 Å². The smallest absolute Gasteiger partial charge is 0.327 e. The van der Waals surface area contributed by atoms with E-state index in [1.807, 2.05) is 55.7 Å². The summed E-state index contributed by atoms with van der Waals surface area (Å²) in [5.41, 5.74) is 7.38. The fraction of sp³-hybridized carbons (Fsp3) is 0.477. The van der Waals surface area contributed by atoms with Gasteiger partial charge in [-0.25, -0.2) is 13.6 Å². The molecule has 0 aliphatic rings. The van der Waals surface area contributed by atoms with E-state index in [2.05, 4.69) is 21.3 Å². The molecular formula is C44H59F2N7O9S. The molecule has 0 fully saturated rings. The molecule has 3 rings (SSSR count). The monoisotopic (exact) mass is 899 g/mol. The number of amides is 5. The van der Waals surface area contributed by atoms with Crippen LogP contribution in [0.4, 0.5) is 8.78 Å². The van der Waals surface area contributed by atoms with Gasteiger partial charge in [-0.1, -0.05) is 65.0 Å². The van der Waals surface area contributed by atoms with E-state index in [1.54, 1.807) is 31.0 Å². The van der Waals surface area contributed by atoms with Gasteiger partial charge < -0.3 is 46.7 Å². The number of carbonyl (C=O) groups excluding carboxylic acids is 5. The van der Waals surface area contributed by atoms with E-state index in [1.165, 1.54) is 6.92 Å². The molecule has 5 amide bonds. The molecule has 0 radical (unpaired) electrons. The van der Waals surface area contributed by atoms with Crippen molar-refractivity contribution in [3.05, 3.63) is 83.7 Å². The van der Waals surface area contributed by atoms with Crippen molar-refractivity contribution < 1.29 is 52.6 Å². The van der Waals surface area contributed by atoms with Gasteiger partial charge in [0.25, 0.3) is 0 Å². The highest BCUT2D eigenvalue weighted by Gasteiger charge is 2.37. The molecular weight excluding hydrogens is 841 g/mol. The Morgan fingerprint density at radius 2 is 1.56 bits per heavy atom. The van der Waals surface area contributed by atoms with Crippen LogP contribution in [0.5, 0.6) is 0 Å². The molecule has 3 aromatic rings. The lowest BCUT2D eigenvalue weighted by atomic mass is 9.83. The van der Waals surface area contributed by atoms with Crippen molar-refractivity contribution in [1.82, 2.24) is 30.7 Å². The minimum Gasteiger partial charge on any atom is -0.481 e. The molecule has 1 heterocycles. The van der Waals surface area contributed by atoms with Crippen LogP contribution in [0.1, 0.15) is 78.1 Å². The molecule has 2 aromatic carbocycles. The number of benzene rings is 2. The summed E-state index contributed by atoms with van der Waals surface area (Å²) in [6, 6.07) is 10.0. The second kappa shape index (κ2) is 24.1. The Morgan fingerprint density at radius 3 is 2.16 bits per heavy atom. The summed E-state index contributed by atoms with van der Waals surface area (Å²) >= 11 is 0.980. The van der Waals surface area contributed by atoms with Crippen LogP contribution >= 0.6 is 11.8 Å². The highest BCUT2D eigenvalue weighted by atomic mass is 32.2. The van der Waals surface area contributed by atoms with Gasteiger partial charge >= 0.3 is 11.9 Å². The summed E-state index contributed by atoms with van der Waals surface area (Å²) in [6.45, 7) is 10.8. The second-order valence-electron chi connectivity index (χ2n) is 16.5. The summed E-state index contributed by atoms with van der Waals surface area (Å²) in [4.78, 5) is 89.5. The zero-order chi connectivity index (χ0) is 47.0. The number of aromatic nitrogens is 1. The summed E-state index contributed by atoms with van der Waals surface area (Å²) in [5.74, 6) is -8.02. The fourth-order valence-electron chi connectivity index (χ4n) is 6.71. The summed E-state index contributed by atoms with van der Waals surface area (Å²) in [7, 11) is 0. The molecule has 0 bridgehead atoms.